The van der Waals surface area contributed by atoms with Gasteiger partial charge in [-0.15, -0.1) is 0 Å². The van der Waals surface area contributed by atoms with Gasteiger partial charge >= 0.3 is 17.1 Å². The predicted molar refractivity (Wildman–Crippen MR) is 112 cm³/mol. The topological polar surface area (TPSA) is 145 Å². The molecular weight excluding hydrogens is 516 g/mol. The number of halogens is 3. The molecule has 0 radical (unpaired) electrons. The van der Waals surface area contributed by atoms with Crippen molar-refractivity contribution in [2.75, 3.05) is 5.43 Å². The molecular formula is C17H18Cl3FeN5O3S. The molecule has 0 atom stereocenters. The number of pyridine rings is 1. The maximum absolute atomic E-state index is 9.65. The van der Waals surface area contributed by atoms with Gasteiger partial charge in [-0.2, -0.15) is 5.10 Å². The van der Waals surface area contributed by atoms with E-state index in [2.05, 4.69) is 26.4 Å². The first-order chi connectivity index (χ1) is 12.1. The van der Waals surface area contributed by atoms with Crippen LogP contribution in [0, 0.1) is 0 Å². The number of nitrogens with one attached hydrogen (secondary N) is 3. The number of hydrogen-bond donors (Lipinski definition) is 4. The van der Waals surface area contributed by atoms with Crippen molar-refractivity contribution < 1.29 is 57.9 Å². The molecule has 0 bridgehead atoms. The van der Waals surface area contributed by atoms with Gasteiger partial charge in [0, 0.05) is 22.2 Å². The number of aromatic hydroxyl groups is 1. The van der Waals surface area contributed by atoms with Crippen LogP contribution in [0.1, 0.15) is 5.56 Å². The minimum Gasteiger partial charge on any atom is -1.00 e. The van der Waals surface area contributed by atoms with Crippen molar-refractivity contribution in [3.8, 4) is 5.75 Å². The van der Waals surface area contributed by atoms with Crippen LogP contribution in [0.3, 0.4) is 0 Å². The van der Waals surface area contributed by atoms with E-state index in [9.17, 15) is 5.11 Å². The van der Waals surface area contributed by atoms with Crippen molar-refractivity contribution >= 4 is 51.7 Å². The van der Waals surface area contributed by atoms with Crippen molar-refractivity contribution in [2.24, 2.45) is 5.10 Å². The molecule has 0 fully saturated rings. The molecule has 2 aromatic carbocycles. The van der Waals surface area contributed by atoms with Gasteiger partial charge in [0.25, 0.3) is 0 Å². The van der Waals surface area contributed by atoms with E-state index in [4.69, 9.17) is 23.8 Å². The number of nitrogens with zero attached hydrogens (tertiary/aromatic N) is 2. The summed E-state index contributed by atoms with van der Waals surface area (Å²) in [6, 6.07) is 14.1. The van der Waals surface area contributed by atoms with Gasteiger partial charge in [0.15, 0.2) is 0 Å². The zero-order valence-electron chi connectivity index (χ0n) is 15.0. The second-order valence-electron chi connectivity index (χ2n) is 5.03. The molecule has 0 spiro atoms. The number of hydrazine groups is 1. The number of aromatic nitrogens is 1. The first-order valence-electron chi connectivity index (χ1n) is 7.31. The van der Waals surface area contributed by atoms with Gasteiger partial charge in [-0.1, -0.05) is 23.7 Å². The van der Waals surface area contributed by atoms with Gasteiger partial charge in [0.2, 0.25) is 5.11 Å². The van der Waals surface area contributed by atoms with Crippen LogP contribution in [-0.2, 0) is 17.1 Å². The second-order valence-corrected chi connectivity index (χ2v) is 5.87. The number of para-hydroxylation sites is 1. The largest absolute Gasteiger partial charge is 2.00 e. The van der Waals surface area contributed by atoms with Gasteiger partial charge < -0.3 is 40.9 Å². The van der Waals surface area contributed by atoms with Gasteiger partial charge in [-0.25, -0.2) is 0 Å². The summed E-state index contributed by atoms with van der Waals surface area (Å²) in [5, 5.41) is 15.4. The molecule has 13 heteroatoms. The van der Waals surface area contributed by atoms with Crippen LogP contribution in [-0.4, -0.2) is 32.4 Å². The van der Waals surface area contributed by atoms with E-state index in [1.807, 2.05) is 12.1 Å². The normalized spacial score (nSPS) is 8.97. The predicted octanol–water partition coefficient (Wildman–Crippen LogP) is -4.22. The average molecular weight is 535 g/mol. The summed E-state index contributed by atoms with van der Waals surface area (Å²) in [4.78, 5) is 4.27. The SMILES string of the molecule is O.O.Oc1ccccc1/C=N/NC(=S)NNc1ccnc2cc(Cl)ccc12.[Cl-].[Cl-].[Fe+2]. The summed E-state index contributed by atoms with van der Waals surface area (Å²) in [5.74, 6) is 0.145. The van der Waals surface area contributed by atoms with E-state index in [0.717, 1.165) is 16.6 Å². The Balaban J connectivity index is -0.00000146. The van der Waals surface area contributed by atoms with Crippen molar-refractivity contribution in [1.29, 1.82) is 0 Å². The summed E-state index contributed by atoms with van der Waals surface area (Å²) in [7, 11) is 0. The fourth-order valence-electron chi connectivity index (χ4n) is 2.14. The Hall–Kier alpha value is -1.88. The molecule has 164 valence electrons. The van der Waals surface area contributed by atoms with E-state index in [0.29, 0.717) is 10.6 Å². The molecule has 0 aliphatic carbocycles. The third-order valence-electron chi connectivity index (χ3n) is 3.32. The smallest absolute Gasteiger partial charge is 1.00 e. The number of phenolic OH excluding ortho intramolecular Hbond substituents is 1. The monoisotopic (exact) mass is 533 g/mol. The Kier molecular flexibility index (Phi) is 17.4. The maximum atomic E-state index is 9.65. The van der Waals surface area contributed by atoms with Crippen LogP contribution in [0.5, 0.6) is 5.75 Å². The molecule has 3 rings (SSSR count). The molecule has 30 heavy (non-hydrogen) atoms. The third kappa shape index (κ3) is 8.86. The van der Waals surface area contributed by atoms with Crippen LogP contribution in [0.2, 0.25) is 5.02 Å². The van der Waals surface area contributed by atoms with E-state index >= 15 is 0 Å². The van der Waals surface area contributed by atoms with Crippen LogP contribution >= 0.6 is 23.8 Å². The molecule has 0 aliphatic rings. The maximum Gasteiger partial charge on any atom is 2.00 e. The van der Waals surface area contributed by atoms with Crippen LogP contribution in [0.25, 0.3) is 10.9 Å². The molecule has 1 heterocycles. The number of phenols is 1. The number of hydrazone groups is 1. The van der Waals surface area contributed by atoms with Crippen LogP contribution in [0.4, 0.5) is 5.69 Å². The zero-order valence-corrected chi connectivity index (χ0v) is 19.2. The van der Waals surface area contributed by atoms with Gasteiger partial charge in [-0.05, 0) is 48.6 Å². The molecule has 8 nitrogen and oxygen atoms in total. The molecule has 0 aliphatic heterocycles. The number of fused-ring (bicyclic) bond motifs is 1. The van der Waals surface area contributed by atoms with Crippen molar-refractivity contribution in [2.45, 2.75) is 0 Å². The van der Waals surface area contributed by atoms with Crippen LogP contribution < -0.4 is 41.1 Å². The number of anilines is 1. The fourth-order valence-corrected chi connectivity index (χ4v) is 2.41. The van der Waals surface area contributed by atoms with Crippen molar-refractivity contribution in [3.05, 3.63) is 65.3 Å². The van der Waals surface area contributed by atoms with E-state index in [1.54, 1.807) is 42.6 Å². The first-order valence-corrected chi connectivity index (χ1v) is 8.09. The van der Waals surface area contributed by atoms with Crippen molar-refractivity contribution in [1.82, 2.24) is 15.8 Å². The standard InChI is InChI=1S/C17H14ClN5OS.2ClH.Fe.2H2O/c18-12-5-6-13-14(7-8-19-15(13)9-12)21-23-17(25)22-20-10-11-3-1-2-4-16(11)24;;;;;/h1-10,24H,(H,19,21)(H2,22,23,25);2*1H;;2*1H2/q;;;+2;;/p-2/b20-10+;;;;;. The summed E-state index contributed by atoms with van der Waals surface area (Å²) >= 11 is 11.1. The molecule has 3 aromatic rings. The molecule has 0 unspecified atom stereocenters. The molecule has 1 aromatic heterocycles. The van der Waals surface area contributed by atoms with E-state index in [-0.39, 0.29) is 63.7 Å². The van der Waals surface area contributed by atoms with E-state index in [1.165, 1.54) is 6.21 Å². The fraction of sp³-hybridized carbons (Fsp3) is 0. The Labute approximate surface area is 206 Å². The van der Waals surface area contributed by atoms with Crippen LogP contribution in [0.15, 0.2) is 59.8 Å². The van der Waals surface area contributed by atoms with Gasteiger partial charge in [0.05, 0.1) is 17.4 Å². The third-order valence-corrected chi connectivity index (χ3v) is 3.75. The quantitative estimate of drug-likeness (QED) is 0.116. The Morgan fingerprint density at radius 2 is 1.80 bits per heavy atom. The van der Waals surface area contributed by atoms with Gasteiger partial charge in [-0.3, -0.25) is 21.3 Å². The van der Waals surface area contributed by atoms with E-state index < -0.39 is 0 Å². The number of hydrogen-bond acceptors (Lipinski definition) is 5. The number of rotatable bonds is 4. The minimum absolute atomic E-state index is 0. The van der Waals surface area contributed by atoms with Crippen molar-refractivity contribution in [3.63, 3.8) is 0 Å². The minimum atomic E-state index is 0. The molecule has 8 N–H and O–H groups in total. The average Bonchev–Trinajstić information content (AvgIpc) is 2.61. The zero-order chi connectivity index (χ0) is 17.6. The number of thiocarbonyl (C=S) groups is 1. The van der Waals surface area contributed by atoms with Gasteiger partial charge in [0.1, 0.15) is 5.75 Å². The Morgan fingerprint density at radius 3 is 2.50 bits per heavy atom. The molecule has 0 amide bonds. The summed E-state index contributed by atoms with van der Waals surface area (Å²) in [6.07, 6.45) is 3.16. The summed E-state index contributed by atoms with van der Waals surface area (Å²) in [6.45, 7) is 0. The Bertz CT molecular complexity index is 969. The molecule has 0 saturated carbocycles. The summed E-state index contributed by atoms with van der Waals surface area (Å²) in [5.41, 5.74) is 10.7. The molecule has 0 saturated heterocycles. The Morgan fingerprint density at radius 1 is 1.10 bits per heavy atom. The second kappa shape index (κ2) is 15.9. The number of benzene rings is 2. The first kappa shape index (κ1) is 32.8. The summed E-state index contributed by atoms with van der Waals surface area (Å²) < 4.78 is 0.